The monoisotopic (exact) mass is 243 g/mol. The van der Waals surface area contributed by atoms with E-state index in [1.165, 1.54) is 4.90 Å². The van der Waals surface area contributed by atoms with Gasteiger partial charge in [0.1, 0.15) is 11.5 Å². The maximum absolute atomic E-state index is 7.34. The zero-order valence-electron chi connectivity index (χ0n) is 9.26. The summed E-state index contributed by atoms with van der Waals surface area (Å²) in [4.78, 5) is 5.27. The summed E-state index contributed by atoms with van der Waals surface area (Å²) in [6.07, 6.45) is 1.69. The highest BCUT2D eigenvalue weighted by atomic mass is 32.2. The Morgan fingerprint density at radius 3 is 2.71 bits per heavy atom. The van der Waals surface area contributed by atoms with Gasteiger partial charge in [0.05, 0.1) is 0 Å². The molecule has 86 valence electrons. The van der Waals surface area contributed by atoms with E-state index in [1.807, 2.05) is 30.3 Å². The SMILES string of the molecule is N=C(N)c1cc(CSc2ccccc2)ccn1. The van der Waals surface area contributed by atoms with Gasteiger partial charge >= 0.3 is 0 Å². The van der Waals surface area contributed by atoms with Gasteiger partial charge in [-0.25, -0.2) is 0 Å². The Morgan fingerprint density at radius 1 is 1.24 bits per heavy atom. The first-order chi connectivity index (χ1) is 8.25. The van der Waals surface area contributed by atoms with Crippen LogP contribution in [0.4, 0.5) is 0 Å². The van der Waals surface area contributed by atoms with Crippen LogP contribution in [-0.2, 0) is 5.75 Å². The van der Waals surface area contributed by atoms with Crippen molar-refractivity contribution >= 4 is 17.6 Å². The van der Waals surface area contributed by atoms with Gasteiger partial charge in [-0.3, -0.25) is 10.4 Å². The number of thioether (sulfide) groups is 1. The number of nitrogen functional groups attached to an aromatic ring is 1. The Labute approximate surface area is 105 Å². The Hall–Kier alpha value is -1.81. The minimum Gasteiger partial charge on any atom is -0.382 e. The van der Waals surface area contributed by atoms with E-state index in [0.29, 0.717) is 5.69 Å². The van der Waals surface area contributed by atoms with E-state index in [1.54, 1.807) is 18.0 Å². The molecule has 0 fully saturated rings. The van der Waals surface area contributed by atoms with Crippen molar-refractivity contribution in [1.82, 2.24) is 4.98 Å². The number of hydrogen-bond acceptors (Lipinski definition) is 3. The second-order valence-electron chi connectivity index (χ2n) is 3.56. The van der Waals surface area contributed by atoms with E-state index in [9.17, 15) is 0 Å². The van der Waals surface area contributed by atoms with Gasteiger partial charge in [-0.1, -0.05) is 18.2 Å². The van der Waals surface area contributed by atoms with Crippen molar-refractivity contribution in [1.29, 1.82) is 5.41 Å². The molecule has 3 nitrogen and oxygen atoms in total. The lowest BCUT2D eigenvalue weighted by atomic mass is 10.2. The van der Waals surface area contributed by atoms with Crippen LogP contribution in [0.1, 0.15) is 11.3 Å². The molecular weight excluding hydrogens is 230 g/mol. The fourth-order valence-electron chi connectivity index (χ4n) is 1.39. The number of benzene rings is 1. The first kappa shape index (κ1) is 11.7. The number of aromatic nitrogens is 1. The first-order valence-electron chi connectivity index (χ1n) is 5.23. The molecule has 0 saturated carbocycles. The van der Waals surface area contributed by atoms with Gasteiger partial charge in [-0.05, 0) is 29.8 Å². The highest BCUT2D eigenvalue weighted by Gasteiger charge is 2.00. The van der Waals surface area contributed by atoms with Gasteiger partial charge in [-0.2, -0.15) is 0 Å². The summed E-state index contributed by atoms with van der Waals surface area (Å²) in [6.45, 7) is 0. The minimum absolute atomic E-state index is 0.0107. The fraction of sp³-hybridized carbons (Fsp3) is 0.0769. The Kier molecular flexibility index (Phi) is 3.77. The third kappa shape index (κ3) is 3.32. The number of hydrogen-bond donors (Lipinski definition) is 2. The summed E-state index contributed by atoms with van der Waals surface area (Å²) >= 11 is 1.75. The molecule has 3 N–H and O–H groups in total. The summed E-state index contributed by atoms with van der Waals surface area (Å²) in [6, 6.07) is 14.0. The molecule has 0 bridgehead atoms. The molecule has 0 spiro atoms. The topological polar surface area (TPSA) is 62.8 Å². The van der Waals surface area contributed by atoms with Crippen LogP contribution < -0.4 is 5.73 Å². The fourth-order valence-corrected chi connectivity index (χ4v) is 2.26. The molecule has 0 aliphatic rings. The van der Waals surface area contributed by atoms with Crippen LogP contribution in [0.15, 0.2) is 53.6 Å². The molecule has 4 heteroatoms. The molecule has 1 aromatic heterocycles. The highest BCUT2D eigenvalue weighted by Crippen LogP contribution is 2.22. The molecule has 0 aliphatic heterocycles. The van der Waals surface area contributed by atoms with Crippen LogP contribution >= 0.6 is 11.8 Å². The van der Waals surface area contributed by atoms with Gasteiger partial charge in [-0.15, -0.1) is 11.8 Å². The van der Waals surface area contributed by atoms with Gasteiger partial charge in [0.25, 0.3) is 0 Å². The van der Waals surface area contributed by atoms with Crippen molar-refractivity contribution in [2.45, 2.75) is 10.6 Å². The molecule has 17 heavy (non-hydrogen) atoms. The third-order valence-corrected chi connectivity index (χ3v) is 3.33. The summed E-state index contributed by atoms with van der Waals surface area (Å²) in [7, 11) is 0. The van der Waals surface area contributed by atoms with Gasteiger partial charge in [0.15, 0.2) is 0 Å². The van der Waals surface area contributed by atoms with Crippen LogP contribution in [0, 0.1) is 5.41 Å². The average Bonchev–Trinajstić information content (AvgIpc) is 2.38. The van der Waals surface area contributed by atoms with Crippen LogP contribution in [0.5, 0.6) is 0 Å². The molecule has 0 atom stereocenters. The third-order valence-electron chi connectivity index (χ3n) is 2.25. The Morgan fingerprint density at radius 2 is 2.00 bits per heavy atom. The van der Waals surface area contributed by atoms with Gasteiger partial charge in [0.2, 0.25) is 0 Å². The largest absolute Gasteiger partial charge is 0.382 e. The van der Waals surface area contributed by atoms with Crippen molar-refractivity contribution in [2.24, 2.45) is 5.73 Å². The zero-order chi connectivity index (χ0) is 12.1. The minimum atomic E-state index is 0.0107. The maximum atomic E-state index is 7.34. The molecule has 2 aromatic rings. The average molecular weight is 243 g/mol. The van der Waals surface area contributed by atoms with Crippen molar-refractivity contribution in [2.75, 3.05) is 0 Å². The van der Waals surface area contributed by atoms with E-state index in [2.05, 4.69) is 17.1 Å². The molecule has 1 aromatic carbocycles. The van der Waals surface area contributed by atoms with Crippen molar-refractivity contribution in [3.63, 3.8) is 0 Å². The van der Waals surface area contributed by atoms with Gasteiger partial charge in [0, 0.05) is 16.8 Å². The van der Waals surface area contributed by atoms with E-state index in [-0.39, 0.29) is 5.84 Å². The van der Waals surface area contributed by atoms with Crippen LogP contribution in [0.2, 0.25) is 0 Å². The lowest BCUT2D eigenvalue weighted by molar-refractivity contribution is 1.22. The number of nitrogens with two attached hydrogens (primary N) is 1. The summed E-state index contributed by atoms with van der Waals surface area (Å²) in [5, 5.41) is 7.34. The highest BCUT2D eigenvalue weighted by molar-refractivity contribution is 7.98. The molecule has 0 unspecified atom stereocenters. The van der Waals surface area contributed by atoms with E-state index in [0.717, 1.165) is 11.3 Å². The number of nitrogens with zero attached hydrogens (tertiary/aromatic N) is 1. The summed E-state index contributed by atoms with van der Waals surface area (Å²) in [5.41, 5.74) is 7.07. The summed E-state index contributed by atoms with van der Waals surface area (Å²) < 4.78 is 0. The molecule has 0 radical (unpaired) electrons. The van der Waals surface area contributed by atoms with Crippen molar-refractivity contribution < 1.29 is 0 Å². The Balaban J connectivity index is 2.04. The quantitative estimate of drug-likeness (QED) is 0.493. The van der Waals surface area contributed by atoms with Crippen LogP contribution in [-0.4, -0.2) is 10.8 Å². The maximum Gasteiger partial charge on any atom is 0.141 e. The van der Waals surface area contributed by atoms with Gasteiger partial charge < -0.3 is 5.73 Å². The number of nitrogens with one attached hydrogen (secondary N) is 1. The van der Waals surface area contributed by atoms with Crippen LogP contribution in [0.3, 0.4) is 0 Å². The molecule has 2 rings (SSSR count). The van der Waals surface area contributed by atoms with Crippen LogP contribution in [0.25, 0.3) is 0 Å². The lowest BCUT2D eigenvalue weighted by Crippen LogP contribution is -2.13. The molecule has 0 saturated heterocycles. The molecule has 1 heterocycles. The smallest absolute Gasteiger partial charge is 0.141 e. The predicted molar refractivity (Wildman–Crippen MR) is 71.3 cm³/mol. The number of amidine groups is 1. The van der Waals surface area contributed by atoms with E-state index in [4.69, 9.17) is 11.1 Å². The number of pyridine rings is 1. The lowest BCUT2D eigenvalue weighted by Gasteiger charge is -2.03. The first-order valence-corrected chi connectivity index (χ1v) is 6.21. The van der Waals surface area contributed by atoms with Crippen molar-refractivity contribution in [3.05, 3.63) is 59.9 Å². The Bertz CT molecular complexity index is 511. The number of rotatable bonds is 4. The van der Waals surface area contributed by atoms with Crippen molar-refractivity contribution in [3.8, 4) is 0 Å². The van der Waals surface area contributed by atoms with E-state index >= 15 is 0 Å². The molecule has 0 amide bonds. The molecular formula is C13H13N3S. The summed E-state index contributed by atoms with van der Waals surface area (Å²) in [5.74, 6) is 0.865. The zero-order valence-corrected chi connectivity index (χ0v) is 10.1. The predicted octanol–water partition coefficient (Wildman–Crippen LogP) is 2.66. The second kappa shape index (κ2) is 5.50. The van der Waals surface area contributed by atoms with E-state index < -0.39 is 0 Å². The molecule has 0 aliphatic carbocycles. The second-order valence-corrected chi connectivity index (χ2v) is 4.61. The standard InChI is InChI=1S/C13H13N3S/c14-13(15)12-8-10(6-7-16-12)9-17-11-4-2-1-3-5-11/h1-8H,9H2,(H3,14,15). The normalized spacial score (nSPS) is 10.1.